The van der Waals surface area contributed by atoms with Crippen molar-refractivity contribution in [2.75, 3.05) is 22.1 Å². The fourth-order valence-electron chi connectivity index (χ4n) is 3.14. The second-order valence-corrected chi connectivity index (χ2v) is 8.19. The molecule has 2 amide bonds. The average molecular weight is 440 g/mol. The van der Waals surface area contributed by atoms with Crippen LogP contribution in [0, 0.1) is 20.8 Å². The Morgan fingerprint density at radius 3 is 2.32 bits per heavy atom. The van der Waals surface area contributed by atoms with E-state index in [2.05, 4.69) is 15.6 Å². The lowest BCUT2D eigenvalue weighted by molar-refractivity contribution is -0.114. The van der Waals surface area contributed by atoms with E-state index in [-0.39, 0.29) is 34.6 Å². The molecule has 0 spiro atoms. The standard InChI is InChI=1S/C22H25N5O3S/c1-14-10-15(2)21(23-11-14)25-19(29)13-31-12-18(28)24-20-16(3)26(4)27(22(20)30)17-8-6-5-7-9-17/h5-11H,12-13H2,1-4H3,(H,24,28)(H,23,25,29). The molecule has 0 saturated heterocycles. The number of pyridine rings is 1. The second-order valence-electron chi connectivity index (χ2n) is 7.20. The van der Waals surface area contributed by atoms with Gasteiger partial charge in [0.05, 0.1) is 22.9 Å². The van der Waals surface area contributed by atoms with Crippen molar-refractivity contribution in [3.05, 3.63) is 69.8 Å². The number of hydrogen-bond acceptors (Lipinski definition) is 5. The number of aryl methyl sites for hydroxylation is 2. The first-order chi connectivity index (χ1) is 14.8. The predicted octanol–water partition coefficient (Wildman–Crippen LogP) is 2.81. The molecule has 2 heterocycles. The van der Waals surface area contributed by atoms with Gasteiger partial charge in [0.25, 0.3) is 5.56 Å². The van der Waals surface area contributed by atoms with E-state index in [4.69, 9.17) is 0 Å². The van der Waals surface area contributed by atoms with Crippen LogP contribution in [-0.2, 0) is 16.6 Å². The van der Waals surface area contributed by atoms with Crippen LogP contribution in [0.3, 0.4) is 0 Å². The van der Waals surface area contributed by atoms with E-state index >= 15 is 0 Å². The summed E-state index contributed by atoms with van der Waals surface area (Å²) in [5.41, 5.74) is 3.19. The molecule has 162 valence electrons. The van der Waals surface area contributed by atoms with Crippen LogP contribution in [0.2, 0.25) is 0 Å². The number of para-hydroxylation sites is 1. The molecule has 0 fully saturated rings. The maximum Gasteiger partial charge on any atom is 0.295 e. The average Bonchev–Trinajstić information content (AvgIpc) is 2.94. The highest BCUT2D eigenvalue weighted by atomic mass is 32.2. The molecular formula is C22H25N5O3S. The zero-order valence-electron chi connectivity index (χ0n) is 17.9. The Balaban J connectivity index is 1.58. The van der Waals surface area contributed by atoms with Crippen molar-refractivity contribution < 1.29 is 9.59 Å². The van der Waals surface area contributed by atoms with Gasteiger partial charge in [0.15, 0.2) is 0 Å². The lowest BCUT2D eigenvalue weighted by Gasteiger charge is -2.08. The number of hydrogen-bond donors (Lipinski definition) is 2. The third-order valence-electron chi connectivity index (χ3n) is 4.76. The Hall–Kier alpha value is -3.33. The molecule has 2 N–H and O–H groups in total. The van der Waals surface area contributed by atoms with E-state index in [9.17, 15) is 14.4 Å². The van der Waals surface area contributed by atoms with Gasteiger partial charge in [0.2, 0.25) is 11.8 Å². The van der Waals surface area contributed by atoms with Crippen LogP contribution >= 0.6 is 11.8 Å². The molecule has 0 aliphatic rings. The van der Waals surface area contributed by atoms with Gasteiger partial charge in [-0.05, 0) is 44.0 Å². The molecule has 0 aliphatic carbocycles. The van der Waals surface area contributed by atoms with Crippen molar-refractivity contribution in [3.8, 4) is 5.69 Å². The first-order valence-electron chi connectivity index (χ1n) is 9.72. The van der Waals surface area contributed by atoms with Crippen LogP contribution < -0.4 is 16.2 Å². The number of nitrogens with one attached hydrogen (secondary N) is 2. The summed E-state index contributed by atoms with van der Waals surface area (Å²) in [7, 11) is 1.76. The van der Waals surface area contributed by atoms with E-state index in [1.807, 2.05) is 50.2 Å². The van der Waals surface area contributed by atoms with Gasteiger partial charge in [-0.3, -0.25) is 19.1 Å². The number of rotatable bonds is 7. The smallest absolute Gasteiger partial charge is 0.295 e. The quantitative estimate of drug-likeness (QED) is 0.590. The molecule has 31 heavy (non-hydrogen) atoms. The number of aromatic nitrogens is 3. The Morgan fingerprint density at radius 2 is 1.68 bits per heavy atom. The van der Waals surface area contributed by atoms with Crippen LogP contribution in [0.15, 0.2) is 47.4 Å². The molecule has 3 aromatic rings. The highest BCUT2D eigenvalue weighted by Gasteiger charge is 2.18. The fraction of sp³-hybridized carbons (Fsp3) is 0.273. The van der Waals surface area contributed by atoms with Crippen molar-refractivity contribution in [1.29, 1.82) is 0 Å². The summed E-state index contributed by atoms with van der Waals surface area (Å²) in [5.74, 6) is 0.0899. The summed E-state index contributed by atoms with van der Waals surface area (Å²) in [4.78, 5) is 41.6. The number of benzene rings is 1. The van der Waals surface area contributed by atoms with Gasteiger partial charge >= 0.3 is 0 Å². The topological polar surface area (TPSA) is 98.0 Å². The number of nitrogens with zero attached hydrogens (tertiary/aromatic N) is 3. The highest BCUT2D eigenvalue weighted by Crippen LogP contribution is 2.15. The zero-order chi connectivity index (χ0) is 22.5. The molecule has 9 heteroatoms. The molecular weight excluding hydrogens is 414 g/mol. The SMILES string of the molecule is Cc1cnc(NC(=O)CSCC(=O)Nc2c(C)n(C)n(-c3ccccc3)c2=O)c(C)c1. The van der Waals surface area contributed by atoms with E-state index in [1.165, 1.54) is 16.4 Å². The van der Waals surface area contributed by atoms with Crippen molar-refractivity contribution in [1.82, 2.24) is 14.3 Å². The third-order valence-corrected chi connectivity index (χ3v) is 5.69. The number of anilines is 2. The summed E-state index contributed by atoms with van der Waals surface area (Å²) in [6, 6.07) is 11.1. The largest absolute Gasteiger partial charge is 0.319 e. The van der Waals surface area contributed by atoms with Gasteiger partial charge in [0.1, 0.15) is 11.5 Å². The maximum atomic E-state index is 12.8. The number of carbonyl (C=O) groups is 2. The van der Waals surface area contributed by atoms with Crippen LogP contribution in [-0.4, -0.2) is 37.7 Å². The minimum atomic E-state index is -0.339. The van der Waals surface area contributed by atoms with E-state index in [0.717, 1.165) is 11.1 Å². The van der Waals surface area contributed by atoms with Gasteiger partial charge in [-0.1, -0.05) is 24.3 Å². The summed E-state index contributed by atoms with van der Waals surface area (Å²) in [6.07, 6.45) is 1.69. The molecule has 1 aromatic carbocycles. The Labute approximate surface area is 184 Å². The second kappa shape index (κ2) is 9.65. The van der Waals surface area contributed by atoms with Crippen molar-refractivity contribution >= 4 is 35.1 Å². The minimum Gasteiger partial charge on any atom is -0.319 e. The first-order valence-corrected chi connectivity index (χ1v) is 10.9. The number of carbonyl (C=O) groups excluding carboxylic acids is 2. The predicted molar refractivity (Wildman–Crippen MR) is 124 cm³/mol. The molecule has 3 rings (SSSR count). The maximum absolute atomic E-state index is 12.8. The first kappa shape index (κ1) is 22.4. The van der Waals surface area contributed by atoms with Gasteiger partial charge < -0.3 is 10.6 Å². The Bertz CT molecular complexity index is 1170. The van der Waals surface area contributed by atoms with Gasteiger partial charge in [-0.2, -0.15) is 0 Å². The molecule has 0 atom stereocenters. The van der Waals surface area contributed by atoms with E-state index in [1.54, 1.807) is 24.9 Å². The Morgan fingerprint density at radius 1 is 1.03 bits per heavy atom. The Kier molecular flexibility index (Phi) is 6.96. The van der Waals surface area contributed by atoms with Crippen molar-refractivity contribution in [3.63, 3.8) is 0 Å². The fourth-order valence-corrected chi connectivity index (χ4v) is 3.76. The normalized spacial score (nSPS) is 10.7. The summed E-state index contributed by atoms with van der Waals surface area (Å²) < 4.78 is 3.20. The zero-order valence-corrected chi connectivity index (χ0v) is 18.7. The summed E-state index contributed by atoms with van der Waals surface area (Å²) in [6.45, 7) is 5.58. The van der Waals surface area contributed by atoms with Crippen molar-refractivity contribution in [2.24, 2.45) is 7.05 Å². The van der Waals surface area contributed by atoms with Gasteiger partial charge in [-0.25, -0.2) is 9.67 Å². The highest BCUT2D eigenvalue weighted by molar-refractivity contribution is 8.00. The van der Waals surface area contributed by atoms with Crippen LogP contribution in [0.4, 0.5) is 11.5 Å². The third kappa shape index (κ3) is 5.24. The minimum absolute atomic E-state index is 0.0485. The van der Waals surface area contributed by atoms with Crippen LogP contribution in [0.5, 0.6) is 0 Å². The lowest BCUT2D eigenvalue weighted by atomic mass is 10.2. The molecule has 0 aliphatic heterocycles. The summed E-state index contributed by atoms with van der Waals surface area (Å²) in [5, 5.41) is 5.44. The molecule has 0 saturated carbocycles. The molecule has 8 nitrogen and oxygen atoms in total. The number of amides is 2. The molecule has 0 unspecified atom stereocenters. The van der Waals surface area contributed by atoms with Crippen LogP contribution in [0.1, 0.15) is 16.8 Å². The van der Waals surface area contributed by atoms with E-state index < -0.39 is 0 Å². The lowest BCUT2D eigenvalue weighted by Crippen LogP contribution is -2.24. The van der Waals surface area contributed by atoms with Gasteiger partial charge in [-0.15, -0.1) is 11.8 Å². The molecule has 0 bridgehead atoms. The van der Waals surface area contributed by atoms with Crippen LogP contribution in [0.25, 0.3) is 5.69 Å². The molecule has 0 radical (unpaired) electrons. The molecule has 2 aromatic heterocycles. The number of thioether (sulfide) groups is 1. The summed E-state index contributed by atoms with van der Waals surface area (Å²) >= 11 is 1.17. The monoisotopic (exact) mass is 439 g/mol. The van der Waals surface area contributed by atoms with Crippen molar-refractivity contribution in [2.45, 2.75) is 20.8 Å². The van der Waals surface area contributed by atoms with E-state index in [0.29, 0.717) is 17.2 Å². The van der Waals surface area contributed by atoms with Gasteiger partial charge in [0, 0.05) is 13.2 Å².